The van der Waals surface area contributed by atoms with Gasteiger partial charge in [-0.1, -0.05) is 0 Å². The van der Waals surface area contributed by atoms with Crippen LogP contribution in [0.25, 0.3) is 5.57 Å². The summed E-state index contributed by atoms with van der Waals surface area (Å²) in [5, 5.41) is 26.5. The van der Waals surface area contributed by atoms with E-state index in [4.69, 9.17) is 15.3 Å². The van der Waals surface area contributed by atoms with E-state index in [1.807, 2.05) is 6.07 Å². The highest BCUT2D eigenvalue weighted by Gasteiger charge is 2.05. The van der Waals surface area contributed by atoms with Crippen LogP contribution in [0.4, 0.5) is 0 Å². The number of hydrogen-bond donors (Lipinski definition) is 1. The molecule has 0 saturated carbocycles. The molecule has 0 saturated heterocycles. The fraction of sp³-hybridized carbons (Fsp3) is 0.0909. The van der Waals surface area contributed by atoms with Crippen LogP contribution in [0.2, 0.25) is 0 Å². The molecule has 0 bridgehead atoms. The summed E-state index contributed by atoms with van der Waals surface area (Å²) in [6.07, 6.45) is 1.14. The minimum atomic E-state index is -0.00417. The number of phenols is 1. The number of benzene rings is 1. The van der Waals surface area contributed by atoms with Gasteiger partial charge in [-0.3, -0.25) is 0 Å². The average Bonchev–Trinajstić information content (AvgIpc) is 2.27. The molecule has 0 spiro atoms. The van der Waals surface area contributed by atoms with E-state index in [2.05, 4.69) is 0 Å². The Morgan fingerprint density at radius 1 is 1.47 bits per heavy atom. The van der Waals surface area contributed by atoms with Gasteiger partial charge in [-0.05, 0) is 23.8 Å². The smallest absolute Gasteiger partial charge is 0.161 e. The number of ether oxygens (including phenoxy) is 1. The molecule has 4 heteroatoms. The van der Waals surface area contributed by atoms with E-state index in [0.29, 0.717) is 5.56 Å². The highest BCUT2D eigenvalue weighted by atomic mass is 16.5. The lowest BCUT2D eigenvalue weighted by molar-refractivity contribution is 0.373. The minimum Gasteiger partial charge on any atom is -0.504 e. The minimum absolute atomic E-state index is 0.00417. The zero-order valence-corrected chi connectivity index (χ0v) is 8.06. The summed E-state index contributed by atoms with van der Waals surface area (Å²) in [7, 11) is 1.42. The van der Waals surface area contributed by atoms with E-state index in [9.17, 15) is 5.11 Å². The number of hydrogen-bond acceptors (Lipinski definition) is 4. The molecular weight excluding hydrogens is 192 g/mol. The molecule has 74 valence electrons. The van der Waals surface area contributed by atoms with Gasteiger partial charge in [0.2, 0.25) is 0 Å². The first-order valence-electron chi connectivity index (χ1n) is 4.10. The number of phenolic OH excluding ortho intramolecular Hbond substituents is 1. The van der Waals surface area contributed by atoms with Gasteiger partial charge in [0.15, 0.2) is 11.5 Å². The third kappa shape index (κ3) is 2.26. The molecule has 0 fully saturated rings. The first-order chi connectivity index (χ1) is 7.22. The molecule has 0 aromatic heterocycles. The Kier molecular flexibility index (Phi) is 3.32. The van der Waals surface area contributed by atoms with Gasteiger partial charge >= 0.3 is 0 Å². The van der Waals surface area contributed by atoms with Gasteiger partial charge in [-0.2, -0.15) is 10.5 Å². The van der Waals surface area contributed by atoms with Gasteiger partial charge in [-0.15, -0.1) is 0 Å². The van der Waals surface area contributed by atoms with E-state index in [1.54, 1.807) is 12.1 Å². The highest BCUT2D eigenvalue weighted by molar-refractivity contribution is 5.79. The number of aromatic hydroxyl groups is 1. The second-order valence-electron chi connectivity index (χ2n) is 2.69. The third-order valence-electron chi connectivity index (χ3n) is 1.82. The maximum absolute atomic E-state index is 9.33. The Morgan fingerprint density at radius 3 is 2.73 bits per heavy atom. The van der Waals surface area contributed by atoms with Crippen LogP contribution in [0.3, 0.4) is 0 Å². The molecular formula is C11H8N2O2. The Morgan fingerprint density at radius 2 is 2.20 bits per heavy atom. The van der Waals surface area contributed by atoms with Crippen LogP contribution in [0, 0.1) is 22.7 Å². The van der Waals surface area contributed by atoms with Crippen molar-refractivity contribution in [1.29, 1.82) is 10.5 Å². The van der Waals surface area contributed by atoms with Gasteiger partial charge in [0.25, 0.3) is 0 Å². The quantitative estimate of drug-likeness (QED) is 0.739. The molecule has 0 aliphatic rings. The largest absolute Gasteiger partial charge is 0.504 e. The molecule has 1 N–H and O–H groups in total. The molecule has 0 amide bonds. The Balaban J connectivity index is 3.24. The van der Waals surface area contributed by atoms with E-state index in [-0.39, 0.29) is 17.1 Å². The topological polar surface area (TPSA) is 77.0 Å². The van der Waals surface area contributed by atoms with Crippen LogP contribution in [0.1, 0.15) is 5.56 Å². The van der Waals surface area contributed by atoms with Crippen molar-refractivity contribution >= 4 is 5.57 Å². The first-order valence-corrected chi connectivity index (χ1v) is 4.10. The molecule has 15 heavy (non-hydrogen) atoms. The fourth-order valence-electron chi connectivity index (χ4n) is 1.09. The summed E-state index contributed by atoms with van der Waals surface area (Å²) in [5.41, 5.74) is 0.768. The zero-order chi connectivity index (χ0) is 11.3. The maximum atomic E-state index is 9.33. The van der Waals surface area contributed by atoms with Crippen molar-refractivity contribution < 1.29 is 9.84 Å². The average molecular weight is 200 g/mol. The van der Waals surface area contributed by atoms with Crippen LogP contribution in [-0.2, 0) is 0 Å². The summed E-state index contributed by atoms with van der Waals surface area (Å²) in [4.78, 5) is 0. The SMILES string of the molecule is COc1cc(C(C#N)=CC#N)ccc1O. The van der Waals surface area contributed by atoms with Crippen LogP contribution < -0.4 is 4.74 Å². The molecule has 0 aliphatic heterocycles. The summed E-state index contributed by atoms with van der Waals surface area (Å²) in [5.74, 6) is 0.266. The van der Waals surface area contributed by atoms with Crippen molar-refractivity contribution in [2.45, 2.75) is 0 Å². The fourth-order valence-corrected chi connectivity index (χ4v) is 1.09. The molecule has 0 aliphatic carbocycles. The standard InChI is InChI=1S/C11H8N2O2/c1-15-11-6-8(2-3-10(11)14)9(7-13)4-5-12/h2-4,6,14H,1H3. The summed E-state index contributed by atoms with van der Waals surface area (Å²) >= 11 is 0. The van der Waals surface area contributed by atoms with Crippen molar-refractivity contribution in [3.8, 4) is 23.6 Å². The van der Waals surface area contributed by atoms with Crippen molar-refractivity contribution in [3.05, 3.63) is 29.8 Å². The Bertz CT molecular complexity index is 478. The molecule has 1 aromatic carbocycles. The monoisotopic (exact) mass is 200 g/mol. The number of nitriles is 2. The van der Waals surface area contributed by atoms with E-state index < -0.39 is 0 Å². The molecule has 1 aromatic rings. The molecule has 0 atom stereocenters. The van der Waals surface area contributed by atoms with Gasteiger partial charge in [-0.25, -0.2) is 0 Å². The molecule has 0 unspecified atom stereocenters. The van der Waals surface area contributed by atoms with Crippen LogP contribution >= 0.6 is 0 Å². The van der Waals surface area contributed by atoms with Crippen molar-refractivity contribution in [1.82, 2.24) is 0 Å². The van der Waals surface area contributed by atoms with Crippen LogP contribution in [-0.4, -0.2) is 12.2 Å². The maximum Gasteiger partial charge on any atom is 0.161 e. The zero-order valence-electron chi connectivity index (χ0n) is 8.06. The predicted octanol–water partition coefficient (Wildman–Crippen LogP) is 1.83. The first kappa shape index (κ1) is 10.6. The lowest BCUT2D eigenvalue weighted by Crippen LogP contribution is -1.87. The lowest BCUT2D eigenvalue weighted by Gasteiger charge is -2.04. The summed E-state index contributed by atoms with van der Waals surface area (Å²) < 4.78 is 4.89. The number of methoxy groups -OCH3 is 1. The van der Waals surface area contributed by atoms with Crippen LogP contribution in [0.15, 0.2) is 24.3 Å². The second-order valence-corrected chi connectivity index (χ2v) is 2.69. The van der Waals surface area contributed by atoms with Gasteiger partial charge in [0.1, 0.15) is 6.07 Å². The van der Waals surface area contributed by atoms with Gasteiger partial charge in [0.05, 0.1) is 18.8 Å². The summed E-state index contributed by atoms with van der Waals surface area (Å²) in [6.45, 7) is 0. The molecule has 0 heterocycles. The number of nitrogens with zero attached hydrogens (tertiary/aromatic N) is 2. The van der Waals surface area contributed by atoms with Gasteiger partial charge < -0.3 is 9.84 Å². The third-order valence-corrected chi connectivity index (χ3v) is 1.82. The molecule has 4 nitrogen and oxygen atoms in total. The van der Waals surface area contributed by atoms with Crippen molar-refractivity contribution in [3.63, 3.8) is 0 Å². The predicted molar refractivity (Wildman–Crippen MR) is 53.9 cm³/mol. The Hall–Kier alpha value is -2.46. The summed E-state index contributed by atoms with van der Waals surface area (Å²) in [6, 6.07) is 8.13. The van der Waals surface area contributed by atoms with E-state index in [0.717, 1.165) is 6.08 Å². The van der Waals surface area contributed by atoms with E-state index >= 15 is 0 Å². The number of allylic oxidation sites excluding steroid dienone is 2. The second kappa shape index (κ2) is 4.69. The van der Waals surface area contributed by atoms with Crippen molar-refractivity contribution in [2.75, 3.05) is 7.11 Å². The van der Waals surface area contributed by atoms with Gasteiger partial charge in [0, 0.05) is 6.08 Å². The highest BCUT2D eigenvalue weighted by Crippen LogP contribution is 2.28. The molecule has 1 rings (SSSR count). The van der Waals surface area contributed by atoms with E-state index in [1.165, 1.54) is 19.2 Å². The normalized spacial score (nSPS) is 10.2. The van der Waals surface area contributed by atoms with Crippen molar-refractivity contribution in [2.24, 2.45) is 0 Å². The lowest BCUT2D eigenvalue weighted by atomic mass is 10.1. The van der Waals surface area contributed by atoms with Crippen LogP contribution in [0.5, 0.6) is 11.5 Å². The number of rotatable bonds is 2. The molecule has 0 radical (unpaired) electrons. The Labute approximate surface area is 87.3 Å².